The van der Waals surface area contributed by atoms with Crippen molar-refractivity contribution in [1.82, 2.24) is 4.98 Å². The number of aromatic nitrogens is 1. The Morgan fingerprint density at radius 2 is 2.33 bits per heavy atom. The van der Waals surface area contributed by atoms with E-state index < -0.39 is 16.7 Å². The maximum atomic E-state index is 10.3. The first kappa shape index (κ1) is 8.12. The number of pyridine rings is 1. The van der Waals surface area contributed by atoms with Crippen molar-refractivity contribution in [1.29, 1.82) is 0 Å². The van der Waals surface area contributed by atoms with Crippen LogP contribution in [0.15, 0.2) is 18.3 Å². The van der Waals surface area contributed by atoms with Crippen LogP contribution in [-0.4, -0.2) is 21.0 Å². The zero-order valence-corrected chi connectivity index (χ0v) is 5.80. The summed E-state index contributed by atoms with van der Waals surface area (Å²) in [6.45, 7) is 0. The molecule has 0 aromatic carbocycles. The van der Waals surface area contributed by atoms with Gasteiger partial charge in [-0.1, -0.05) is 0 Å². The van der Waals surface area contributed by atoms with E-state index >= 15 is 0 Å². The Labute approximate surface area is 66.6 Å². The van der Waals surface area contributed by atoms with Crippen molar-refractivity contribution in [3.63, 3.8) is 0 Å². The third-order valence-corrected chi connectivity index (χ3v) is 1.18. The molecule has 1 rings (SSSR count). The van der Waals surface area contributed by atoms with Gasteiger partial charge in [-0.2, -0.15) is 0 Å². The largest absolute Gasteiger partial charge is 0.478 e. The molecule has 0 amide bonds. The fourth-order valence-corrected chi connectivity index (χ4v) is 0.651. The molecule has 0 unspecified atom stereocenters. The second-order valence-corrected chi connectivity index (χ2v) is 1.96. The zero-order valence-electron chi connectivity index (χ0n) is 5.80. The van der Waals surface area contributed by atoms with Crippen LogP contribution in [0.25, 0.3) is 0 Å². The fraction of sp³-hybridized carbons (Fsp3) is 0. The number of carbonyl (C=O) groups is 1. The van der Waals surface area contributed by atoms with Crippen molar-refractivity contribution in [2.45, 2.75) is 0 Å². The molecule has 0 saturated carbocycles. The second-order valence-electron chi connectivity index (χ2n) is 1.96. The number of rotatable bonds is 2. The summed E-state index contributed by atoms with van der Waals surface area (Å²) >= 11 is 0. The molecule has 1 aromatic heterocycles. The number of hydrogen-bond acceptors (Lipinski definition) is 4. The van der Waals surface area contributed by atoms with E-state index in [2.05, 4.69) is 4.98 Å². The lowest BCUT2D eigenvalue weighted by Gasteiger charge is -1.92. The number of hydrogen-bond donors (Lipinski definition) is 1. The van der Waals surface area contributed by atoms with Crippen LogP contribution in [0.3, 0.4) is 0 Å². The fourth-order valence-electron chi connectivity index (χ4n) is 0.651. The standard InChI is InChI=1S/C6H4N2O4/c9-6(10)4-1-2-7-5(3-4)8(11)12/h1-3H,(H,9,10). The highest BCUT2D eigenvalue weighted by Crippen LogP contribution is 2.08. The molecule has 0 aliphatic rings. The minimum atomic E-state index is -1.21. The topological polar surface area (TPSA) is 93.3 Å². The molecule has 1 aromatic rings. The average molecular weight is 168 g/mol. The maximum absolute atomic E-state index is 10.3. The summed E-state index contributed by atoms with van der Waals surface area (Å²) in [6.07, 6.45) is 1.08. The molecule has 0 aliphatic carbocycles. The van der Waals surface area contributed by atoms with Crippen LogP contribution in [0.5, 0.6) is 0 Å². The first-order chi connectivity index (χ1) is 5.61. The number of nitrogens with zero attached hydrogens (tertiary/aromatic N) is 2. The van der Waals surface area contributed by atoms with Gasteiger partial charge in [0.1, 0.15) is 6.20 Å². The molecule has 6 heteroatoms. The minimum Gasteiger partial charge on any atom is -0.478 e. The number of carboxylic acid groups (broad SMARTS) is 1. The molecule has 1 heterocycles. The highest BCUT2D eigenvalue weighted by atomic mass is 16.6. The Morgan fingerprint density at radius 3 is 2.83 bits per heavy atom. The van der Waals surface area contributed by atoms with Gasteiger partial charge >= 0.3 is 11.8 Å². The van der Waals surface area contributed by atoms with Crippen LogP contribution >= 0.6 is 0 Å². The van der Waals surface area contributed by atoms with Crippen molar-refractivity contribution in [3.05, 3.63) is 34.0 Å². The molecule has 62 valence electrons. The lowest BCUT2D eigenvalue weighted by molar-refractivity contribution is -0.389. The van der Waals surface area contributed by atoms with E-state index in [9.17, 15) is 14.9 Å². The van der Waals surface area contributed by atoms with E-state index in [1.807, 2.05) is 0 Å². The molecule has 0 fully saturated rings. The first-order valence-electron chi connectivity index (χ1n) is 2.95. The minimum absolute atomic E-state index is 0.142. The van der Waals surface area contributed by atoms with Gasteiger partial charge in [0.25, 0.3) is 0 Å². The van der Waals surface area contributed by atoms with E-state index in [0.29, 0.717) is 0 Å². The smallest absolute Gasteiger partial charge is 0.364 e. The van der Waals surface area contributed by atoms with Crippen LogP contribution in [0.2, 0.25) is 0 Å². The third kappa shape index (κ3) is 1.54. The van der Waals surface area contributed by atoms with E-state index in [-0.39, 0.29) is 5.56 Å². The molecule has 0 saturated heterocycles. The second kappa shape index (κ2) is 2.95. The summed E-state index contributed by atoms with van der Waals surface area (Å²) in [5, 5.41) is 18.6. The van der Waals surface area contributed by atoms with Gasteiger partial charge in [-0.05, 0) is 16.0 Å². The Bertz CT molecular complexity index is 307. The summed E-state index contributed by atoms with van der Waals surface area (Å²) < 4.78 is 0. The van der Waals surface area contributed by atoms with E-state index in [1.54, 1.807) is 0 Å². The highest BCUT2D eigenvalue weighted by Gasteiger charge is 2.10. The van der Waals surface area contributed by atoms with Crippen LogP contribution in [-0.2, 0) is 0 Å². The Hall–Kier alpha value is -1.98. The van der Waals surface area contributed by atoms with Gasteiger partial charge < -0.3 is 15.2 Å². The van der Waals surface area contributed by atoms with Crippen molar-refractivity contribution < 1.29 is 14.8 Å². The normalized spacial score (nSPS) is 9.33. The number of carboxylic acids is 1. The van der Waals surface area contributed by atoms with Gasteiger partial charge in [-0.15, -0.1) is 0 Å². The third-order valence-electron chi connectivity index (χ3n) is 1.18. The predicted octanol–water partition coefficient (Wildman–Crippen LogP) is 0.688. The van der Waals surface area contributed by atoms with Crippen molar-refractivity contribution >= 4 is 11.8 Å². The SMILES string of the molecule is O=C(O)c1ccnc([N+](=O)[O-])c1. The molecule has 0 aliphatic heterocycles. The first-order valence-corrected chi connectivity index (χ1v) is 2.95. The maximum Gasteiger partial charge on any atom is 0.364 e. The molecular formula is C6H4N2O4. The molecule has 6 nitrogen and oxygen atoms in total. The molecule has 1 N–H and O–H groups in total. The lowest BCUT2D eigenvalue weighted by Crippen LogP contribution is -1.99. The van der Waals surface area contributed by atoms with Gasteiger partial charge in [0, 0.05) is 0 Å². The summed E-state index contributed by atoms with van der Waals surface area (Å²) in [5.74, 6) is -1.67. The molecule has 0 atom stereocenters. The van der Waals surface area contributed by atoms with Gasteiger partial charge in [0.2, 0.25) is 0 Å². The van der Waals surface area contributed by atoms with Gasteiger partial charge in [-0.25, -0.2) is 4.79 Å². The molecule has 0 spiro atoms. The zero-order chi connectivity index (χ0) is 9.14. The Kier molecular flexibility index (Phi) is 2.00. The van der Waals surface area contributed by atoms with Gasteiger partial charge in [0.15, 0.2) is 0 Å². The van der Waals surface area contributed by atoms with E-state index in [0.717, 1.165) is 12.3 Å². The molecular weight excluding hydrogens is 164 g/mol. The molecule has 0 radical (unpaired) electrons. The highest BCUT2D eigenvalue weighted by molar-refractivity contribution is 5.87. The summed E-state index contributed by atoms with van der Waals surface area (Å²) in [5.41, 5.74) is -0.142. The van der Waals surface area contributed by atoms with Crippen molar-refractivity contribution in [2.75, 3.05) is 0 Å². The number of nitro groups is 1. The summed E-state index contributed by atoms with van der Waals surface area (Å²) in [6, 6.07) is 2.09. The van der Waals surface area contributed by atoms with Crippen LogP contribution in [0, 0.1) is 10.1 Å². The van der Waals surface area contributed by atoms with Crippen molar-refractivity contribution in [3.8, 4) is 0 Å². The predicted molar refractivity (Wildman–Crippen MR) is 37.9 cm³/mol. The summed E-state index contributed by atoms with van der Waals surface area (Å²) in [4.78, 5) is 23.1. The lowest BCUT2D eigenvalue weighted by atomic mass is 10.3. The summed E-state index contributed by atoms with van der Waals surface area (Å²) in [7, 11) is 0. The van der Waals surface area contributed by atoms with E-state index in [1.165, 1.54) is 6.07 Å². The van der Waals surface area contributed by atoms with Gasteiger partial charge in [-0.3, -0.25) is 0 Å². The molecule has 12 heavy (non-hydrogen) atoms. The molecule has 0 bridgehead atoms. The van der Waals surface area contributed by atoms with E-state index in [4.69, 9.17) is 5.11 Å². The monoisotopic (exact) mass is 168 g/mol. The Balaban J connectivity index is 3.12. The van der Waals surface area contributed by atoms with Gasteiger partial charge in [0.05, 0.1) is 11.6 Å². The van der Waals surface area contributed by atoms with Crippen LogP contribution in [0.1, 0.15) is 10.4 Å². The van der Waals surface area contributed by atoms with Crippen LogP contribution < -0.4 is 0 Å². The quantitative estimate of drug-likeness (QED) is 0.517. The van der Waals surface area contributed by atoms with Crippen molar-refractivity contribution in [2.24, 2.45) is 0 Å². The Morgan fingerprint density at radius 1 is 1.67 bits per heavy atom. The van der Waals surface area contributed by atoms with Crippen LogP contribution in [0.4, 0.5) is 5.82 Å². The average Bonchev–Trinajstić information content (AvgIpc) is 2.04. The number of aromatic carboxylic acids is 1.